The third kappa shape index (κ3) is 1.77. The number of imidazole rings is 1. The number of benzene rings is 2. The van der Waals surface area contributed by atoms with Crippen LogP contribution in [0.2, 0.25) is 0 Å². The maximum Gasteiger partial charge on any atom is 0.364 e. The van der Waals surface area contributed by atoms with Gasteiger partial charge < -0.3 is 4.42 Å². The predicted molar refractivity (Wildman–Crippen MR) is 86.6 cm³/mol. The summed E-state index contributed by atoms with van der Waals surface area (Å²) in [5.74, 6) is 0. The van der Waals surface area contributed by atoms with Crippen molar-refractivity contribution in [3.05, 3.63) is 70.3 Å². The Balaban J connectivity index is 2.20. The van der Waals surface area contributed by atoms with Crippen molar-refractivity contribution in [2.75, 3.05) is 0 Å². The Morgan fingerprint density at radius 3 is 2.77 bits per heavy atom. The van der Waals surface area contributed by atoms with Crippen molar-refractivity contribution in [1.82, 2.24) is 9.55 Å². The molecule has 0 aliphatic heterocycles. The summed E-state index contributed by atoms with van der Waals surface area (Å²) in [6, 6.07) is 13.8. The van der Waals surface area contributed by atoms with Crippen molar-refractivity contribution in [2.24, 2.45) is 0 Å². The highest BCUT2D eigenvalue weighted by Gasteiger charge is 2.15. The van der Waals surface area contributed by atoms with E-state index >= 15 is 0 Å². The van der Waals surface area contributed by atoms with Crippen molar-refractivity contribution in [1.29, 1.82) is 0 Å². The highest BCUT2D eigenvalue weighted by Crippen LogP contribution is 2.26. The number of nitrogens with zero attached hydrogens (tertiary/aromatic N) is 2. The van der Waals surface area contributed by atoms with Gasteiger partial charge in [-0.3, -0.25) is 4.57 Å². The minimum absolute atomic E-state index is 0.361. The van der Waals surface area contributed by atoms with E-state index in [0.29, 0.717) is 11.1 Å². The van der Waals surface area contributed by atoms with Crippen LogP contribution in [0.5, 0.6) is 0 Å². The van der Waals surface area contributed by atoms with Crippen molar-refractivity contribution >= 4 is 22.0 Å². The Labute approximate surface area is 126 Å². The quantitative estimate of drug-likeness (QED) is 0.502. The van der Waals surface area contributed by atoms with E-state index in [-0.39, 0.29) is 0 Å². The Morgan fingerprint density at radius 2 is 1.91 bits per heavy atom. The summed E-state index contributed by atoms with van der Waals surface area (Å²) >= 11 is 0. The van der Waals surface area contributed by atoms with Crippen LogP contribution in [0, 0.1) is 13.8 Å². The second-order valence-corrected chi connectivity index (χ2v) is 5.49. The zero-order valence-electron chi connectivity index (χ0n) is 12.3. The fourth-order valence-corrected chi connectivity index (χ4v) is 2.82. The second-order valence-electron chi connectivity index (χ2n) is 5.49. The first-order valence-corrected chi connectivity index (χ1v) is 7.11. The topological polar surface area (TPSA) is 48.0 Å². The maximum atomic E-state index is 12.1. The van der Waals surface area contributed by atoms with Gasteiger partial charge in [-0.2, -0.15) is 0 Å². The summed E-state index contributed by atoms with van der Waals surface area (Å²) in [7, 11) is 0. The van der Waals surface area contributed by atoms with E-state index < -0.39 is 5.63 Å². The lowest BCUT2D eigenvalue weighted by atomic mass is 10.1. The largest absolute Gasteiger partial charge is 0.421 e. The molecular weight excluding hydrogens is 276 g/mol. The van der Waals surface area contributed by atoms with Gasteiger partial charge in [0.25, 0.3) is 0 Å². The van der Waals surface area contributed by atoms with E-state index in [9.17, 15) is 4.79 Å². The van der Waals surface area contributed by atoms with Crippen LogP contribution in [0.25, 0.3) is 27.7 Å². The van der Waals surface area contributed by atoms with Gasteiger partial charge in [0.1, 0.15) is 11.9 Å². The van der Waals surface area contributed by atoms with Crippen LogP contribution in [0.4, 0.5) is 0 Å². The average molecular weight is 290 g/mol. The monoisotopic (exact) mass is 290 g/mol. The first kappa shape index (κ1) is 12.8. The Bertz CT molecular complexity index is 1070. The summed E-state index contributed by atoms with van der Waals surface area (Å²) in [5, 5.41) is 0.885. The molecule has 0 fully saturated rings. The van der Waals surface area contributed by atoms with Gasteiger partial charge in [0, 0.05) is 5.39 Å². The van der Waals surface area contributed by atoms with E-state index in [1.807, 2.05) is 29.7 Å². The molecule has 0 bridgehead atoms. The van der Waals surface area contributed by atoms with Crippen molar-refractivity contribution in [3.8, 4) is 5.69 Å². The molecule has 2 heterocycles. The highest BCUT2D eigenvalue weighted by molar-refractivity contribution is 6.01. The molecule has 0 saturated carbocycles. The summed E-state index contributed by atoms with van der Waals surface area (Å²) in [6.45, 7) is 4.10. The molecule has 4 rings (SSSR count). The van der Waals surface area contributed by atoms with E-state index in [1.165, 1.54) is 0 Å². The van der Waals surface area contributed by atoms with E-state index in [0.717, 1.165) is 27.7 Å². The second kappa shape index (κ2) is 4.56. The molecule has 0 amide bonds. The lowest BCUT2D eigenvalue weighted by molar-refractivity contribution is 0.568. The SMILES string of the molecule is Cc1ccc(C)c(-n2cnc3c(=O)oc4ccccc4c32)c1. The molecular formula is C18H14N2O2. The maximum absolute atomic E-state index is 12.1. The molecule has 0 aliphatic rings. The van der Waals surface area contributed by atoms with Crippen LogP contribution in [0.3, 0.4) is 0 Å². The minimum atomic E-state index is -0.405. The number of hydrogen-bond donors (Lipinski definition) is 0. The normalized spacial score (nSPS) is 11.4. The average Bonchev–Trinajstić information content (AvgIpc) is 2.95. The standard InChI is InChI=1S/C18H14N2O2/c1-11-7-8-12(2)14(9-11)20-10-19-16-17(20)13-5-3-4-6-15(13)22-18(16)21/h3-10H,1-2H3. The molecule has 0 atom stereocenters. The lowest BCUT2D eigenvalue weighted by Crippen LogP contribution is -2.02. The zero-order chi connectivity index (χ0) is 15.3. The summed E-state index contributed by atoms with van der Waals surface area (Å²) in [4.78, 5) is 16.4. The van der Waals surface area contributed by atoms with Gasteiger partial charge >= 0.3 is 5.63 Å². The first-order valence-electron chi connectivity index (χ1n) is 7.11. The van der Waals surface area contributed by atoms with Gasteiger partial charge in [-0.05, 0) is 43.2 Å². The first-order chi connectivity index (χ1) is 10.6. The van der Waals surface area contributed by atoms with Gasteiger partial charge in [-0.15, -0.1) is 0 Å². The van der Waals surface area contributed by atoms with Crippen LogP contribution in [0.15, 0.2) is 58.0 Å². The minimum Gasteiger partial charge on any atom is -0.421 e. The van der Waals surface area contributed by atoms with E-state index in [1.54, 1.807) is 12.4 Å². The molecule has 0 aliphatic carbocycles. The molecule has 0 radical (unpaired) electrons. The number of aryl methyl sites for hydroxylation is 2. The van der Waals surface area contributed by atoms with E-state index in [4.69, 9.17) is 4.42 Å². The Hall–Kier alpha value is -2.88. The molecule has 4 heteroatoms. The van der Waals surface area contributed by atoms with Crippen molar-refractivity contribution < 1.29 is 4.42 Å². The van der Waals surface area contributed by atoms with Crippen LogP contribution < -0.4 is 5.63 Å². The number of rotatable bonds is 1. The fourth-order valence-electron chi connectivity index (χ4n) is 2.82. The molecule has 108 valence electrons. The van der Waals surface area contributed by atoms with Gasteiger partial charge in [-0.1, -0.05) is 24.3 Å². The molecule has 2 aromatic heterocycles. The fraction of sp³-hybridized carbons (Fsp3) is 0.111. The van der Waals surface area contributed by atoms with Gasteiger partial charge in [0.2, 0.25) is 0 Å². The molecule has 2 aromatic carbocycles. The van der Waals surface area contributed by atoms with Crippen LogP contribution in [-0.2, 0) is 0 Å². The summed E-state index contributed by atoms with van der Waals surface area (Å²) < 4.78 is 7.32. The lowest BCUT2D eigenvalue weighted by Gasteiger charge is -2.10. The van der Waals surface area contributed by atoms with Crippen molar-refractivity contribution in [2.45, 2.75) is 13.8 Å². The smallest absolute Gasteiger partial charge is 0.364 e. The van der Waals surface area contributed by atoms with Crippen LogP contribution in [-0.4, -0.2) is 9.55 Å². The summed E-state index contributed by atoms with van der Waals surface area (Å²) in [6.07, 6.45) is 1.69. The molecule has 22 heavy (non-hydrogen) atoms. The Morgan fingerprint density at radius 1 is 1.09 bits per heavy atom. The van der Waals surface area contributed by atoms with Crippen LogP contribution in [0.1, 0.15) is 11.1 Å². The number of hydrogen-bond acceptors (Lipinski definition) is 3. The zero-order valence-corrected chi connectivity index (χ0v) is 12.3. The highest BCUT2D eigenvalue weighted by atomic mass is 16.4. The summed E-state index contributed by atoms with van der Waals surface area (Å²) in [5.41, 5.74) is 4.64. The number of para-hydroxylation sites is 1. The Kier molecular flexibility index (Phi) is 2.66. The molecule has 0 saturated heterocycles. The number of aromatic nitrogens is 2. The molecule has 0 unspecified atom stereocenters. The molecule has 4 aromatic rings. The molecule has 4 nitrogen and oxygen atoms in total. The van der Waals surface area contributed by atoms with Gasteiger partial charge in [0.15, 0.2) is 5.52 Å². The third-order valence-corrected chi connectivity index (χ3v) is 3.93. The molecule has 0 spiro atoms. The third-order valence-electron chi connectivity index (χ3n) is 3.93. The molecule has 0 N–H and O–H groups in total. The van der Waals surface area contributed by atoms with Gasteiger partial charge in [-0.25, -0.2) is 9.78 Å². The predicted octanol–water partition coefficient (Wildman–Crippen LogP) is 3.75. The van der Waals surface area contributed by atoms with Crippen LogP contribution >= 0.6 is 0 Å². The van der Waals surface area contributed by atoms with Crippen molar-refractivity contribution in [3.63, 3.8) is 0 Å². The van der Waals surface area contributed by atoms with Gasteiger partial charge in [0.05, 0.1) is 11.2 Å². The van der Waals surface area contributed by atoms with E-state index in [2.05, 4.69) is 30.1 Å². The number of fused-ring (bicyclic) bond motifs is 3.